The Morgan fingerprint density at radius 1 is 1.05 bits per heavy atom. The van der Waals surface area contributed by atoms with Crippen LogP contribution in [0.15, 0.2) is 48.5 Å². The average Bonchev–Trinajstić information content (AvgIpc) is 3.23. The number of anilines is 1. The summed E-state index contributed by atoms with van der Waals surface area (Å²) in [4.78, 5) is 39.7. The van der Waals surface area contributed by atoms with Gasteiger partial charge in [-0.3, -0.25) is 19.8 Å². The molecule has 2 aromatic rings. The summed E-state index contributed by atoms with van der Waals surface area (Å²) in [6, 6.07) is 12.7. The summed E-state index contributed by atoms with van der Waals surface area (Å²) in [5, 5.41) is 7.58. The van der Waals surface area contributed by atoms with Gasteiger partial charge in [-0.25, -0.2) is 4.79 Å². The van der Waals surface area contributed by atoms with Gasteiger partial charge in [0.2, 0.25) is 5.91 Å². The van der Waals surface area contributed by atoms with Crippen molar-refractivity contribution in [2.24, 2.45) is 0 Å². The molecule has 0 spiro atoms. The number of carbonyl (C=O) groups is 3. The summed E-state index contributed by atoms with van der Waals surface area (Å²) in [6.45, 7) is 6.68. The molecule has 0 saturated carbocycles. The van der Waals surface area contributed by atoms with Crippen molar-refractivity contribution in [1.29, 1.82) is 0 Å². The molecule has 1 saturated heterocycles. The van der Waals surface area contributed by atoms with Gasteiger partial charge in [-0.15, -0.1) is 13.2 Å². The van der Waals surface area contributed by atoms with E-state index in [2.05, 4.69) is 25.6 Å². The van der Waals surface area contributed by atoms with Crippen molar-refractivity contribution in [3.63, 3.8) is 0 Å². The first-order valence-corrected chi connectivity index (χ1v) is 12.0. The van der Waals surface area contributed by atoms with E-state index in [9.17, 15) is 27.6 Å². The second kappa shape index (κ2) is 12.2. The van der Waals surface area contributed by atoms with E-state index < -0.39 is 42.2 Å². The smallest absolute Gasteiger partial charge is 0.444 e. The van der Waals surface area contributed by atoms with E-state index in [0.717, 1.165) is 37.7 Å². The minimum absolute atomic E-state index is 0.101. The zero-order valence-electron chi connectivity index (χ0n) is 21.4. The lowest BCUT2D eigenvalue weighted by atomic mass is 10.1. The quantitative estimate of drug-likeness (QED) is 0.470. The molecule has 206 valence electrons. The van der Waals surface area contributed by atoms with E-state index in [0.29, 0.717) is 6.54 Å². The number of nitrogens with zero attached hydrogens (tertiary/aromatic N) is 1. The summed E-state index contributed by atoms with van der Waals surface area (Å²) in [6.07, 6.45) is -5.15. The molecular formula is C26H31F3N4O5. The Morgan fingerprint density at radius 3 is 2.42 bits per heavy atom. The third-order valence-corrected chi connectivity index (χ3v) is 5.40. The largest absolute Gasteiger partial charge is 0.573 e. The van der Waals surface area contributed by atoms with Gasteiger partial charge in [0.15, 0.2) is 0 Å². The molecule has 1 aliphatic rings. The molecule has 0 bridgehead atoms. The number of halogens is 3. The van der Waals surface area contributed by atoms with Crippen LogP contribution in [-0.2, 0) is 16.1 Å². The minimum Gasteiger partial charge on any atom is -0.444 e. The number of rotatable bonds is 8. The Hall–Kier alpha value is -3.80. The Bertz CT molecular complexity index is 1140. The number of hydrogen-bond acceptors (Lipinski definition) is 6. The molecule has 1 aliphatic heterocycles. The van der Waals surface area contributed by atoms with Crippen LogP contribution in [-0.4, -0.2) is 60.4 Å². The summed E-state index contributed by atoms with van der Waals surface area (Å²) < 4.78 is 47.1. The van der Waals surface area contributed by atoms with Crippen LogP contribution in [0.5, 0.6) is 5.75 Å². The van der Waals surface area contributed by atoms with Gasteiger partial charge in [0, 0.05) is 25.7 Å². The number of ether oxygens (including phenoxy) is 2. The molecule has 3 N–H and O–H groups in total. The van der Waals surface area contributed by atoms with Crippen LogP contribution in [0, 0.1) is 0 Å². The van der Waals surface area contributed by atoms with Gasteiger partial charge in [-0.2, -0.15) is 0 Å². The van der Waals surface area contributed by atoms with E-state index >= 15 is 0 Å². The molecule has 1 heterocycles. The van der Waals surface area contributed by atoms with Crippen molar-refractivity contribution in [3.8, 4) is 5.75 Å². The maximum absolute atomic E-state index is 12.8. The molecule has 0 unspecified atom stereocenters. The summed E-state index contributed by atoms with van der Waals surface area (Å²) in [7, 11) is 0. The molecule has 12 heteroatoms. The number of amides is 3. The number of likely N-dealkylation sites (tertiary alicyclic amines) is 1. The molecule has 1 fully saturated rings. The number of benzene rings is 2. The van der Waals surface area contributed by atoms with Crippen molar-refractivity contribution < 1.29 is 37.0 Å². The highest BCUT2D eigenvalue weighted by molar-refractivity contribution is 6.04. The van der Waals surface area contributed by atoms with E-state index in [1.54, 1.807) is 20.8 Å². The Kier molecular flexibility index (Phi) is 9.21. The van der Waals surface area contributed by atoms with Gasteiger partial charge in [-0.05, 0) is 51.0 Å². The van der Waals surface area contributed by atoms with Gasteiger partial charge >= 0.3 is 12.5 Å². The number of carbonyl (C=O) groups excluding carboxylic acids is 3. The molecule has 0 aromatic heterocycles. The molecule has 9 nitrogen and oxygen atoms in total. The Balaban J connectivity index is 1.59. The Labute approximate surface area is 218 Å². The van der Waals surface area contributed by atoms with Crippen LogP contribution < -0.4 is 20.7 Å². The predicted molar refractivity (Wildman–Crippen MR) is 134 cm³/mol. The fourth-order valence-electron chi connectivity index (χ4n) is 3.90. The van der Waals surface area contributed by atoms with Crippen LogP contribution in [0.3, 0.4) is 0 Å². The SMILES string of the molecule is CC(C)(C)OC(=O)Nc1ccc(OC(F)(F)F)cc1C(=O)NCC(=O)N[C@@H]1CCN(Cc2ccccc2)C1. The normalized spacial score (nSPS) is 16.0. The lowest BCUT2D eigenvalue weighted by Crippen LogP contribution is -2.43. The number of hydrogen-bond donors (Lipinski definition) is 3. The molecule has 0 aliphatic carbocycles. The van der Waals surface area contributed by atoms with Crippen molar-refractivity contribution in [3.05, 3.63) is 59.7 Å². The monoisotopic (exact) mass is 536 g/mol. The highest BCUT2D eigenvalue weighted by Crippen LogP contribution is 2.28. The third kappa shape index (κ3) is 9.58. The molecule has 3 amide bonds. The molecule has 3 rings (SSSR count). The predicted octanol–water partition coefficient (Wildman–Crippen LogP) is 4.05. The zero-order valence-corrected chi connectivity index (χ0v) is 21.4. The average molecular weight is 537 g/mol. The minimum atomic E-state index is -4.98. The molecule has 38 heavy (non-hydrogen) atoms. The number of alkyl halides is 3. The molecule has 0 radical (unpaired) electrons. The molecule has 1 atom stereocenters. The lowest BCUT2D eigenvalue weighted by molar-refractivity contribution is -0.274. The van der Waals surface area contributed by atoms with Crippen LogP contribution in [0.4, 0.5) is 23.7 Å². The highest BCUT2D eigenvalue weighted by Gasteiger charge is 2.32. The van der Waals surface area contributed by atoms with Gasteiger partial charge in [0.1, 0.15) is 11.4 Å². The van der Waals surface area contributed by atoms with E-state index in [-0.39, 0.29) is 17.3 Å². The van der Waals surface area contributed by atoms with E-state index in [1.165, 1.54) is 5.56 Å². The van der Waals surface area contributed by atoms with Crippen molar-refractivity contribution in [2.75, 3.05) is 25.0 Å². The van der Waals surface area contributed by atoms with Gasteiger partial charge in [0.25, 0.3) is 5.91 Å². The second-order valence-electron chi connectivity index (χ2n) is 9.84. The first kappa shape index (κ1) is 28.8. The third-order valence-electron chi connectivity index (χ3n) is 5.40. The van der Waals surface area contributed by atoms with E-state index in [1.807, 2.05) is 30.3 Å². The van der Waals surface area contributed by atoms with Crippen molar-refractivity contribution in [1.82, 2.24) is 15.5 Å². The first-order valence-electron chi connectivity index (χ1n) is 12.0. The van der Waals surface area contributed by atoms with E-state index in [4.69, 9.17) is 4.74 Å². The maximum atomic E-state index is 12.8. The van der Waals surface area contributed by atoms with Crippen molar-refractivity contribution in [2.45, 2.75) is 51.7 Å². The molecule has 2 aromatic carbocycles. The van der Waals surface area contributed by atoms with Crippen LogP contribution >= 0.6 is 0 Å². The fraction of sp³-hybridized carbons (Fsp3) is 0.423. The second-order valence-corrected chi connectivity index (χ2v) is 9.84. The van der Waals surface area contributed by atoms with Crippen molar-refractivity contribution >= 4 is 23.6 Å². The van der Waals surface area contributed by atoms with Gasteiger partial charge in [-0.1, -0.05) is 30.3 Å². The zero-order chi connectivity index (χ0) is 27.9. The summed E-state index contributed by atoms with van der Waals surface area (Å²) in [5.41, 5.74) is -0.125. The maximum Gasteiger partial charge on any atom is 0.573 e. The van der Waals surface area contributed by atoms with Crippen LogP contribution in [0.25, 0.3) is 0 Å². The van der Waals surface area contributed by atoms with Gasteiger partial charge in [0.05, 0.1) is 17.8 Å². The highest BCUT2D eigenvalue weighted by atomic mass is 19.4. The van der Waals surface area contributed by atoms with Crippen LogP contribution in [0.1, 0.15) is 43.1 Å². The standard InChI is InChI=1S/C26H31F3N4O5/c1-25(2,3)38-24(36)32-21-10-9-19(37-26(27,28)29)13-20(21)23(35)30-14-22(34)31-18-11-12-33(16-18)15-17-7-5-4-6-8-17/h4-10,13,18H,11-12,14-16H2,1-3H3,(H,30,35)(H,31,34)(H,32,36)/t18-/m1/s1. The lowest BCUT2D eigenvalue weighted by Gasteiger charge is -2.21. The summed E-state index contributed by atoms with van der Waals surface area (Å²) >= 11 is 0. The number of nitrogens with one attached hydrogen (secondary N) is 3. The summed E-state index contributed by atoms with van der Waals surface area (Å²) in [5.74, 6) is -1.99. The molecular weight excluding hydrogens is 505 g/mol. The van der Waals surface area contributed by atoms with Crippen LogP contribution in [0.2, 0.25) is 0 Å². The fourth-order valence-corrected chi connectivity index (χ4v) is 3.90. The van der Waals surface area contributed by atoms with Gasteiger partial charge < -0.3 is 20.1 Å². The first-order chi connectivity index (χ1) is 17.8. The topological polar surface area (TPSA) is 109 Å². The Morgan fingerprint density at radius 2 is 1.76 bits per heavy atom.